The van der Waals surface area contributed by atoms with Crippen LogP contribution in [0, 0.1) is 5.92 Å². The molecule has 1 saturated carbocycles. The number of nitrogens with one attached hydrogen (secondary N) is 1. The summed E-state index contributed by atoms with van der Waals surface area (Å²) < 4.78 is 16.7. The molecule has 5 heteroatoms. The molecule has 0 bridgehead atoms. The molecule has 0 atom stereocenters. The smallest absolute Gasteiger partial charge is 0.255 e. The molecule has 1 aromatic carbocycles. The molecule has 1 N–H and O–H groups in total. The second kappa shape index (κ2) is 6.67. The minimum absolute atomic E-state index is 0.0777. The van der Waals surface area contributed by atoms with Crippen LogP contribution in [0.1, 0.15) is 36.0 Å². The molecule has 0 radical (unpaired) electrons. The summed E-state index contributed by atoms with van der Waals surface area (Å²) in [7, 11) is 1.58. The van der Waals surface area contributed by atoms with Gasteiger partial charge in [0.2, 0.25) is 0 Å². The number of hydrogen-bond acceptors (Lipinski definition) is 4. The largest absolute Gasteiger partial charge is 0.496 e. The van der Waals surface area contributed by atoms with E-state index in [4.69, 9.17) is 14.2 Å². The molecule has 1 heterocycles. The Kier molecular flexibility index (Phi) is 4.64. The van der Waals surface area contributed by atoms with E-state index in [9.17, 15) is 4.79 Å². The van der Waals surface area contributed by atoms with Crippen molar-refractivity contribution in [3.8, 4) is 5.75 Å². The van der Waals surface area contributed by atoms with Crippen molar-refractivity contribution in [1.29, 1.82) is 0 Å². The minimum Gasteiger partial charge on any atom is -0.496 e. The predicted molar refractivity (Wildman–Crippen MR) is 81.9 cm³/mol. The lowest BCUT2D eigenvalue weighted by Gasteiger charge is -2.35. The fourth-order valence-corrected chi connectivity index (χ4v) is 3.27. The van der Waals surface area contributed by atoms with Crippen molar-refractivity contribution in [1.82, 2.24) is 5.32 Å². The first-order valence-corrected chi connectivity index (χ1v) is 7.91. The van der Waals surface area contributed by atoms with Gasteiger partial charge in [0.15, 0.2) is 5.79 Å². The van der Waals surface area contributed by atoms with Crippen LogP contribution in [0.2, 0.25) is 0 Å². The van der Waals surface area contributed by atoms with Crippen LogP contribution in [-0.4, -0.2) is 38.6 Å². The fourth-order valence-electron chi connectivity index (χ4n) is 3.27. The van der Waals surface area contributed by atoms with Crippen molar-refractivity contribution in [2.75, 3.05) is 26.9 Å². The van der Waals surface area contributed by atoms with Gasteiger partial charge in [-0.25, -0.2) is 0 Å². The highest BCUT2D eigenvalue weighted by molar-refractivity contribution is 5.96. The summed E-state index contributed by atoms with van der Waals surface area (Å²) in [5, 5.41) is 3.02. The SMILES string of the molecule is COc1ccccc1C(=O)NCC1CCC2(CC1)OCCO2. The van der Waals surface area contributed by atoms with Gasteiger partial charge in [-0.15, -0.1) is 0 Å². The van der Waals surface area contributed by atoms with Gasteiger partial charge in [0.05, 0.1) is 25.9 Å². The molecule has 1 aliphatic heterocycles. The number of carbonyl (C=O) groups is 1. The van der Waals surface area contributed by atoms with Gasteiger partial charge in [-0.05, 0) is 30.9 Å². The topological polar surface area (TPSA) is 56.8 Å². The summed E-state index contributed by atoms with van der Waals surface area (Å²) in [5.41, 5.74) is 0.583. The van der Waals surface area contributed by atoms with Gasteiger partial charge >= 0.3 is 0 Å². The molecule has 22 heavy (non-hydrogen) atoms. The van der Waals surface area contributed by atoms with Crippen LogP contribution in [0.5, 0.6) is 5.75 Å². The zero-order valence-corrected chi connectivity index (χ0v) is 13.0. The van der Waals surface area contributed by atoms with Crippen LogP contribution >= 0.6 is 0 Å². The van der Waals surface area contributed by atoms with Crippen molar-refractivity contribution in [3.05, 3.63) is 29.8 Å². The lowest BCUT2D eigenvalue weighted by atomic mass is 9.85. The Labute approximate surface area is 130 Å². The predicted octanol–water partition coefficient (Wildman–Crippen LogP) is 2.36. The third-order valence-electron chi connectivity index (χ3n) is 4.58. The highest BCUT2D eigenvalue weighted by atomic mass is 16.7. The van der Waals surface area contributed by atoms with Crippen LogP contribution in [-0.2, 0) is 9.47 Å². The lowest BCUT2D eigenvalue weighted by Crippen LogP contribution is -2.38. The number of carbonyl (C=O) groups excluding carboxylic acids is 1. The van der Waals surface area contributed by atoms with E-state index in [1.165, 1.54) is 0 Å². The Bertz CT molecular complexity index is 515. The molecular formula is C17H23NO4. The van der Waals surface area contributed by atoms with E-state index in [1.807, 2.05) is 12.1 Å². The molecule has 1 saturated heterocycles. The molecule has 0 aromatic heterocycles. The van der Waals surface area contributed by atoms with E-state index in [-0.39, 0.29) is 11.7 Å². The highest BCUT2D eigenvalue weighted by Crippen LogP contribution is 2.38. The van der Waals surface area contributed by atoms with Crippen molar-refractivity contribution >= 4 is 5.91 Å². The molecule has 1 amide bonds. The number of amides is 1. The molecule has 3 rings (SSSR count). The second-order valence-electron chi connectivity index (χ2n) is 5.96. The molecule has 1 spiro atoms. The monoisotopic (exact) mass is 305 g/mol. The van der Waals surface area contributed by atoms with Crippen LogP contribution in [0.4, 0.5) is 0 Å². The number of hydrogen-bond donors (Lipinski definition) is 1. The molecule has 5 nitrogen and oxygen atoms in total. The maximum atomic E-state index is 12.3. The third-order valence-corrected chi connectivity index (χ3v) is 4.58. The first kappa shape index (κ1) is 15.3. The highest BCUT2D eigenvalue weighted by Gasteiger charge is 2.40. The van der Waals surface area contributed by atoms with E-state index in [2.05, 4.69) is 5.32 Å². The van der Waals surface area contributed by atoms with Gasteiger partial charge in [0, 0.05) is 19.4 Å². The second-order valence-corrected chi connectivity index (χ2v) is 5.96. The van der Waals surface area contributed by atoms with Gasteiger partial charge < -0.3 is 19.5 Å². The summed E-state index contributed by atoms with van der Waals surface area (Å²) >= 11 is 0. The standard InChI is InChI=1S/C17H23NO4/c1-20-15-5-3-2-4-14(15)16(19)18-12-13-6-8-17(9-7-13)21-10-11-22-17/h2-5,13H,6-12H2,1H3,(H,18,19). The van der Waals surface area contributed by atoms with Crippen molar-refractivity contribution in [2.45, 2.75) is 31.5 Å². The lowest BCUT2D eigenvalue weighted by molar-refractivity contribution is -0.182. The molecule has 1 aromatic rings. The van der Waals surface area contributed by atoms with Gasteiger partial charge in [0.1, 0.15) is 5.75 Å². The summed E-state index contributed by atoms with van der Waals surface area (Å²) in [6, 6.07) is 7.28. The fraction of sp³-hybridized carbons (Fsp3) is 0.588. The first-order chi connectivity index (χ1) is 10.7. The summed E-state index contributed by atoms with van der Waals surface area (Å²) in [4.78, 5) is 12.3. The Hall–Kier alpha value is -1.59. The van der Waals surface area contributed by atoms with Crippen LogP contribution in [0.25, 0.3) is 0 Å². The Morgan fingerprint density at radius 1 is 1.27 bits per heavy atom. The number of rotatable bonds is 4. The van der Waals surface area contributed by atoms with Crippen molar-refractivity contribution in [2.24, 2.45) is 5.92 Å². The average molecular weight is 305 g/mol. The van der Waals surface area contributed by atoms with E-state index in [1.54, 1.807) is 19.2 Å². The van der Waals surface area contributed by atoms with E-state index < -0.39 is 0 Å². The normalized spacial score (nSPS) is 21.0. The first-order valence-electron chi connectivity index (χ1n) is 7.91. The van der Waals surface area contributed by atoms with Crippen LogP contribution < -0.4 is 10.1 Å². The van der Waals surface area contributed by atoms with Gasteiger partial charge in [-0.1, -0.05) is 12.1 Å². The number of benzene rings is 1. The van der Waals surface area contributed by atoms with Crippen LogP contribution in [0.3, 0.4) is 0 Å². The van der Waals surface area contributed by atoms with Gasteiger partial charge in [0.25, 0.3) is 5.91 Å². The van der Waals surface area contributed by atoms with E-state index in [0.29, 0.717) is 37.0 Å². The van der Waals surface area contributed by atoms with E-state index >= 15 is 0 Å². The summed E-state index contributed by atoms with van der Waals surface area (Å²) in [6.07, 6.45) is 3.88. The minimum atomic E-state index is -0.330. The molecule has 0 unspecified atom stereocenters. The molecule has 2 fully saturated rings. The zero-order valence-electron chi connectivity index (χ0n) is 13.0. The van der Waals surface area contributed by atoms with Gasteiger partial charge in [-0.2, -0.15) is 0 Å². The number of ether oxygens (including phenoxy) is 3. The van der Waals surface area contributed by atoms with Crippen LogP contribution in [0.15, 0.2) is 24.3 Å². The van der Waals surface area contributed by atoms with Crippen molar-refractivity contribution in [3.63, 3.8) is 0 Å². The van der Waals surface area contributed by atoms with Crippen molar-refractivity contribution < 1.29 is 19.0 Å². The Morgan fingerprint density at radius 3 is 2.64 bits per heavy atom. The molecule has 2 aliphatic rings. The third kappa shape index (κ3) is 3.25. The zero-order chi connectivity index (χ0) is 15.4. The van der Waals surface area contributed by atoms with Gasteiger partial charge in [-0.3, -0.25) is 4.79 Å². The average Bonchev–Trinajstić information content (AvgIpc) is 3.02. The molecule has 1 aliphatic carbocycles. The van der Waals surface area contributed by atoms with E-state index in [0.717, 1.165) is 25.7 Å². The maximum Gasteiger partial charge on any atom is 0.255 e. The summed E-state index contributed by atoms with van der Waals surface area (Å²) in [5.74, 6) is 0.682. The molecular weight excluding hydrogens is 282 g/mol. The Balaban J connectivity index is 1.50. The molecule has 120 valence electrons. The summed E-state index contributed by atoms with van der Waals surface area (Å²) in [6.45, 7) is 2.09. The quantitative estimate of drug-likeness (QED) is 0.928. The number of para-hydroxylation sites is 1. The maximum absolute atomic E-state index is 12.3. The Morgan fingerprint density at radius 2 is 1.95 bits per heavy atom. The number of methoxy groups -OCH3 is 1.